The molecule has 1 atom stereocenters. The standard InChI is InChI=1S/C10H14S/c1-9(11)7-8-10-5-3-2-4-6-10/h2-6,9,11H,7-8H2,1H3. The Hall–Kier alpha value is -0.430. The number of benzene rings is 1. The molecule has 0 N–H and O–H groups in total. The maximum Gasteiger partial charge on any atom is -0.000843 e. The van der Waals surface area contributed by atoms with E-state index in [4.69, 9.17) is 0 Å². The predicted molar refractivity (Wildman–Crippen MR) is 53.2 cm³/mol. The second kappa shape index (κ2) is 4.45. The Morgan fingerprint density at radius 2 is 1.91 bits per heavy atom. The quantitative estimate of drug-likeness (QED) is 0.656. The number of rotatable bonds is 3. The summed E-state index contributed by atoms with van der Waals surface area (Å²) < 4.78 is 0. The van der Waals surface area contributed by atoms with Crippen LogP contribution in [0.2, 0.25) is 0 Å². The largest absolute Gasteiger partial charge is 0.176 e. The summed E-state index contributed by atoms with van der Waals surface area (Å²) in [6, 6.07) is 10.5. The smallest absolute Gasteiger partial charge is 0.000843 e. The summed E-state index contributed by atoms with van der Waals surface area (Å²) in [5.74, 6) is 0. The molecular weight excluding hydrogens is 152 g/mol. The summed E-state index contributed by atoms with van der Waals surface area (Å²) >= 11 is 4.33. The third kappa shape index (κ3) is 3.47. The molecule has 0 radical (unpaired) electrons. The van der Waals surface area contributed by atoms with Crippen molar-refractivity contribution in [3.8, 4) is 0 Å². The molecule has 1 heteroatoms. The summed E-state index contributed by atoms with van der Waals surface area (Å²) in [7, 11) is 0. The molecule has 60 valence electrons. The van der Waals surface area contributed by atoms with Crippen LogP contribution in [0.15, 0.2) is 30.3 Å². The van der Waals surface area contributed by atoms with E-state index >= 15 is 0 Å². The lowest BCUT2D eigenvalue weighted by atomic mass is 10.1. The molecule has 0 aromatic heterocycles. The van der Waals surface area contributed by atoms with Gasteiger partial charge in [0.05, 0.1) is 0 Å². The Kier molecular flexibility index (Phi) is 3.50. The predicted octanol–water partition coefficient (Wildman–Crippen LogP) is 2.94. The minimum Gasteiger partial charge on any atom is -0.176 e. The van der Waals surface area contributed by atoms with Crippen LogP contribution >= 0.6 is 12.6 Å². The molecule has 1 rings (SSSR count). The van der Waals surface area contributed by atoms with E-state index in [1.54, 1.807) is 0 Å². The number of hydrogen-bond acceptors (Lipinski definition) is 1. The van der Waals surface area contributed by atoms with Crippen LogP contribution in [0, 0.1) is 0 Å². The van der Waals surface area contributed by atoms with Gasteiger partial charge in [0.15, 0.2) is 0 Å². The highest BCUT2D eigenvalue weighted by Crippen LogP contribution is 2.07. The average Bonchev–Trinajstić information content (AvgIpc) is 2.03. The number of thiol groups is 1. The van der Waals surface area contributed by atoms with Crippen LogP contribution in [-0.4, -0.2) is 5.25 Å². The van der Waals surface area contributed by atoms with E-state index in [9.17, 15) is 0 Å². The Morgan fingerprint density at radius 3 is 2.45 bits per heavy atom. The van der Waals surface area contributed by atoms with Crippen molar-refractivity contribution in [3.63, 3.8) is 0 Å². The maximum atomic E-state index is 4.33. The summed E-state index contributed by atoms with van der Waals surface area (Å²) in [4.78, 5) is 0. The fourth-order valence-electron chi connectivity index (χ4n) is 1.02. The van der Waals surface area contributed by atoms with Crippen molar-refractivity contribution in [2.45, 2.75) is 25.0 Å². The maximum absolute atomic E-state index is 4.33. The normalized spacial score (nSPS) is 12.9. The van der Waals surface area contributed by atoms with Crippen molar-refractivity contribution in [3.05, 3.63) is 35.9 Å². The number of hydrogen-bond donors (Lipinski definition) is 1. The van der Waals surface area contributed by atoms with Gasteiger partial charge in [0.1, 0.15) is 0 Å². The Bertz CT molecular complexity index is 191. The molecule has 0 amide bonds. The first-order valence-electron chi connectivity index (χ1n) is 4.01. The van der Waals surface area contributed by atoms with Gasteiger partial charge in [-0.2, -0.15) is 12.6 Å². The van der Waals surface area contributed by atoms with Crippen LogP contribution in [0.25, 0.3) is 0 Å². The van der Waals surface area contributed by atoms with E-state index < -0.39 is 0 Å². The van der Waals surface area contributed by atoms with E-state index in [1.165, 1.54) is 5.56 Å². The van der Waals surface area contributed by atoms with Crippen LogP contribution in [0.4, 0.5) is 0 Å². The van der Waals surface area contributed by atoms with Gasteiger partial charge in [-0.3, -0.25) is 0 Å². The van der Waals surface area contributed by atoms with Crippen LogP contribution in [-0.2, 0) is 6.42 Å². The zero-order valence-electron chi connectivity index (χ0n) is 6.83. The molecule has 1 aromatic carbocycles. The third-order valence-corrected chi connectivity index (χ3v) is 1.95. The van der Waals surface area contributed by atoms with Gasteiger partial charge in [0.2, 0.25) is 0 Å². The molecule has 0 aliphatic heterocycles. The highest BCUT2D eigenvalue weighted by molar-refractivity contribution is 7.80. The molecule has 0 bridgehead atoms. The van der Waals surface area contributed by atoms with Gasteiger partial charge in [-0.25, -0.2) is 0 Å². The fourth-order valence-corrected chi connectivity index (χ4v) is 1.15. The molecule has 0 nitrogen and oxygen atoms in total. The highest BCUT2D eigenvalue weighted by Gasteiger charge is 1.95. The Labute approximate surface area is 74.0 Å². The molecule has 0 aliphatic rings. The molecular formula is C10H14S. The van der Waals surface area contributed by atoms with Crippen LogP contribution < -0.4 is 0 Å². The summed E-state index contributed by atoms with van der Waals surface area (Å²) in [6.07, 6.45) is 2.30. The molecule has 0 spiro atoms. The average molecular weight is 166 g/mol. The highest BCUT2D eigenvalue weighted by atomic mass is 32.1. The minimum atomic E-state index is 0.509. The van der Waals surface area contributed by atoms with Gasteiger partial charge in [-0.05, 0) is 23.7 Å². The number of aryl methyl sites for hydroxylation is 1. The molecule has 0 saturated heterocycles. The first-order chi connectivity index (χ1) is 5.29. The fraction of sp³-hybridized carbons (Fsp3) is 0.400. The van der Waals surface area contributed by atoms with Crippen LogP contribution in [0.5, 0.6) is 0 Å². The van der Waals surface area contributed by atoms with Gasteiger partial charge in [-0.1, -0.05) is 37.3 Å². The Balaban J connectivity index is 2.39. The zero-order valence-corrected chi connectivity index (χ0v) is 7.72. The van der Waals surface area contributed by atoms with Gasteiger partial charge in [0.25, 0.3) is 0 Å². The lowest BCUT2D eigenvalue weighted by Crippen LogP contribution is -1.93. The SMILES string of the molecule is CC(S)CCc1ccccc1. The zero-order chi connectivity index (χ0) is 8.10. The van der Waals surface area contributed by atoms with E-state index in [0.29, 0.717) is 5.25 Å². The molecule has 11 heavy (non-hydrogen) atoms. The van der Waals surface area contributed by atoms with Crippen molar-refractivity contribution in [2.24, 2.45) is 0 Å². The summed E-state index contributed by atoms with van der Waals surface area (Å²) in [5.41, 5.74) is 1.41. The second-order valence-corrected chi connectivity index (χ2v) is 3.75. The lowest BCUT2D eigenvalue weighted by molar-refractivity contribution is 0.816. The molecule has 1 aromatic rings. The molecule has 0 heterocycles. The molecule has 0 fully saturated rings. The topological polar surface area (TPSA) is 0 Å². The lowest BCUT2D eigenvalue weighted by Gasteiger charge is -2.02. The summed E-state index contributed by atoms with van der Waals surface area (Å²) in [6.45, 7) is 2.13. The molecule has 1 unspecified atom stereocenters. The molecule has 0 aliphatic carbocycles. The van der Waals surface area contributed by atoms with Crippen molar-refractivity contribution < 1.29 is 0 Å². The second-order valence-electron chi connectivity index (χ2n) is 2.87. The van der Waals surface area contributed by atoms with E-state index in [1.807, 2.05) is 6.07 Å². The van der Waals surface area contributed by atoms with Gasteiger partial charge < -0.3 is 0 Å². The summed E-state index contributed by atoms with van der Waals surface area (Å²) in [5, 5.41) is 0.509. The first kappa shape index (κ1) is 8.66. The van der Waals surface area contributed by atoms with Crippen molar-refractivity contribution >= 4 is 12.6 Å². The van der Waals surface area contributed by atoms with Gasteiger partial charge in [0, 0.05) is 0 Å². The van der Waals surface area contributed by atoms with Crippen molar-refractivity contribution in [1.29, 1.82) is 0 Å². The van der Waals surface area contributed by atoms with Gasteiger partial charge >= 0.3 is 0 Å². The first-order valence-corrected chi connectivity index (χ1v) is 4.52. The third-order valence-electron chi connectivity index (χ3n) is 1.69. The van der Waals surface area contributed by atoms with Crippen molar-refractivity contribution in [2.75, 3.05) is 0 Å². The van der Waals surface area contributed by atoms with E-state index in [-0.39, 0.29) is 0 Å². The van der Waals surface area contributed by atoms with E-state index in [0.717, 1.165) is 12.8 Å². The van der Waals surface area contributed by atoms with Crippen LogP contribution in [0.1, 0.15) is 18.9 Å². The minimum absolute atomic E-state index is 0.509. The van der Waals surface area contributed by atoms with Gasteiger partial charge in [-0.15, -0.1) is 0 Å². The van der Waals surface area contributed by atoms with Crippen molar-refractivity contribution in [1.82, 2.24) is 0 Å². The van der Waals surface area contributed by atoms with E-state index in [2.05, 4.69) is 43.8 Å². The van der Waals surface area contributed by atoms with Crippen LogP contribution in [0.3, 0.4) is 0 Å². The monoisotopic (exact) mass is 166 g/mol. The Morgan fingerprint density at radius 1 is 1.27 bits per heavy atom. The molecule has 0 saturated carbocycles.